The monoisotopic (exact) mass is 294 g/mol. The summed E-state index contributed by atoms with van der Waals surface area (Å²) in [5.74, 6) is -0.0779. The molecule has 116 valence electrons. The lowest BCUT2D eigenvalue weighted by Gasteiger charge is -2.19. The van der Waals surface area contributed by atoms with Crippen molar-refractivity contribution in [1.29, 1.82) is 0 Å². The van der Waals surface area contributed by atoms with Crippen LogP contribution in [0, 0.1) is 17.8 Å². The molecule has 3 atom stereocenters. The minimum atomic E-state index is -0.571. The van der Waals surface area contributed by atoms with Gasteiger partial charge in [0.05, 0.1) is 5.57 Å². The Labute approximate surface area is 125 Å². The first-order valence-corrected chi connectivity index (χ1v) is 7.60. The minimum Gasteiger partial charge on any atom is -0.402 e. The molecule has 0 aliphatic heterocycles. The van der Waals surface area contributed by atoms with Crippen LogP contribution in [0.1, 0.15) is 40.0 Å². The van der Waals surface area contributed by atoms with E-state index in [4.69, 9.17) is 11.5 Å². The highest BCUT2D eigenvalue weighted by atomic mass is 19.1. The highest BCUT2D eigenvalue weighted by molar-refractivity contribution is 5.49. The number of rotatable bonds is 3. The average Bonchev–Trinajstić information content (AvgIpc) is 2.63. The van der Waals surface area contributed by atoms with Crippen molar-refractivity contribution in [2.45, 2.75) is 40.0 Å². The van der Waals surface area contributed by atoms with Crippen molar-refractivity contribution in [3.63, 3.8) is 0 Å². The van der Waals surface area contributed by atoms with Gasteiger partial charge in [0.15, 0.2) is 0 Å². The Bertz CT molecular complexity index is 555. The van der Waals surface area contributed by atoms with Gasteiger partial charge in [0, 0.05) is 17.8 Å². The van der Waals surface area contributed by atoms with E-state index in [0.29, 0.717) is 12.3 Å². The third-order valence-electron chi connectivity index (χ3n) is 4.88. The minimum absolute atomic E-state index is 0.0939. The second-order valence-corrected chi connectivity index (χ2v) is 6.04. The van der Waals surface area contributed by atoms with Crippen LogP contribution in [-0.2, 0) is 0 Å². The second-order valence-electron chi connectivity index (χ2n) is 6.04. The van der Waals surface area contributed by atoms with Gasteiger partial charge in [0.2, 0.25) is 0 Å². The van der Waals surface area contributed by atoms with Gasteiger partial charge in [-0.1, -0.05) is 20.8 Å². The predicted molar refractivity (Wildman–Crippen MR) is 82.2 cm³/mol. The third-order valence-corrected chi connectivity index (χ3v) is 4.88. The largest absolute Gasteiger partial charge is 0.402 e. The molecule has 0 spiro atoms. The zero-order valence-corrected chi connectivity index (χ0v) is 12.9. The predicted octanol–water partition coefficient (Wildman–Crippen LogP) is 4.22. The molecule has 4 heteroatoms. The first-order valence-electron chi connectivity index (χ1n) is 7.60. The molecule has 0 radical (unpaired) electrons. The van der Waals surface area contributed by atoms with Gasteiger partial charge >= 0.3 is 0 Å². The summed E-state index contributed by atoms with van der Waals surface area (Å²) in [6, 6.07) is 0. The lowest BCUT2D eigenvalue weighted by molar-refractivity contribution is 0.362. The van der Waals surface area contributed by atoms with Crippen LogP contribution >= 0.6 is 0 Å². The molecule has 0 saturated heterocycles. The molecule has 2 aliphatic carbocycles. The van der Waals surface area contributed by atoms with Crippen molar-refractivity contribution in [3.05, 3.63) is 46.3 Å². The van der Waals surface area contributed by atoms with Crippen molar-refractivity contribution in [2.24, 2.45) is 29.2 Å². The average molecular weight is 294 g/mol. The van der Waals surface area contributed by atoms with Crippen molar-refractivity contribution < 1.29 is 8.78 Å². The van der Waals surface area contributed by atoms with Crippen molar-refractivity contribution in [2.75, 3.05) is 0 Å². The van der Waals surface area contributed by atoms with Crippen LogP contribution < -0.4 is 11.5 Å². The van der Waals surface area contributed by atoms with Gasteiger partial charge in [-0.15, -0.1) is 0 Å². The zero-order valence-electron chi connectivity index (χ0n) is 12.9. The van der Waals surface area contributed by atoms with Crippen molar-refractivity contribution in [3.8, 4) is 0 Å². The summed E-state index contributed by atoms with van der Waals surface area (Å²) in [6.45, 7) is 6.34. The summed E-state index contributed by atoms with van der Waals surface area (Å²) in [4.78, 5) is 0. The van der Waals surface area contributed by atoms with E-state index >= 15 is 0 Å². The first kappa shape index (κ1) is 15.8. The zero-order chi connectivity index (χ0) is 15.7. The Balaban J connectivity index is 2.41. The lowest BCUT2D eigenvalue weighted by Crippen LogP contribution is -2.13. The topological polar surface area (TPSA) is 52.0 Å². The molecule has 0 bridgehead atoms. The highest BCUT2D eigenvalue weighted by Crippen LogP contribution is 2.42. The fourth-order valence-corrected chi connectivity index (χ4v) is 3.39. The molecule has 2 rings (SSSR count). The Kier molecular flexibility index (Phi) is 4.55. The molecular formula is C17H24F2N2. The van der Waals surface area contributed by atoms with Crippen LogP contribution in [0.4, 0.5) is 8.78 Å². The second kappa shape index (κ2) is 6.04. The first-order chi connectivity index (χ1) is 9.88. The Morgan fingerprint density at radius 3 is 2.62 bits per heavy atom. The SMILES string of the molecule is CC[C@H]1C(/C=C(\N)C2=C(F)CCC=C2F)=C(N)C(C)C1C. The summed E-state index contributed by atoms with van der Waals surface area (Å²) >= 11 is 0. The molecule has 2 aliphatic rings. The maximum atomic E-state index is 13.9. The van der Waals surface area contributed by atoms with Gasteiger partial charge in [0.1, 0.15) is 11.7 Å². The van der Waals surface area contributed by atoms with Gasteiger partial charge in [-0.05, 0) is 48.3 Å². The number of halogens is 2. The summed E-state index contributed by atoms with van der Waals surface area (Å²) in [5, 5.41) is 0. The molecule has 0 heterocycles. The molecular weight excluding hydrogens is 270 g/mol. The van der Waals surface area contributed by atoms with E-state index < -0.39 is 11.7 Å². The van der Waals surface area contributed by atoms with Crippen LogP contribution in [-0.4, -0.2) is 0 Å². The summed E-state index contributed by atoms with van der Waals surface area (Å²) in [6.07, 6.45) is 4.58. The van der Waals surface area contributed by atoms with Crippen LogP contribution in [0.2, 0.25) is 0 Å². The molecule has 0 saturated carbocycles. The maximum Gasteiger partial charge on any atom is 0.131 e. The van der Waals surface area contributed by atoms with E-state index in [1.807, 2.05) is 0 Å². The molecule has 0 aromatic heterocycles. The van der Waals surface area contributed by atoms with Gasteiger partial charge in [0.25, 0.3) is 0 Å². The normalized spacial score (nSPS) is 31.0. The molecule has 0 fully saturated rings. The molecule has 21 heavy (non-hydrogen) atoms. The Morgan fingerprint density at radius 2 is 2.05 bits per heavy atom. The van der Waals surface area contributed by atoms with Gasteiger partial charge < -0.3 is 11.5 Å². The van der Waals surface area contributed by atoms with Crippen LogP contribution in [0.3, 0.4) is 0 Å². The summed E-state index contributed by atoms with van der Waals surface area (Å²) < 4.78 is 27.7. The van der Waals surface area contributed by atoms with Crippen LogP contribution in [0.5, 0.6) is 0 Å². The van der Waals surface area contributed by atoms with Gasteiger partial charge in [-0.3, -0.25) is 0 Å². The van der Waals surface area contributed by atoms with E-state index in [1.54, 1.807) is 6.08 Å². The smallest absolute Gasteiger partial charge is 0.131 e. The molecule has 2 nitrogen and oxygen atoms in total. The van der Waals surface area contributed by atoms with E-state index in [0.717, 1.165) is 17.7 Å². The summed E-state index contributed by atoms with van der Waals surface area (Å²) in [5.41, 5.74) is 13.9. The lowest BCUT2D eigenvalue weighted by atomic mass is 9.86. The van der Waals surface area contributed by atoms with Crippen molar-refractivity contribution in [1.82, 2.24) is 0 Å². The Morgan fingerprint density at radius 1 is 1.38 bits per heavy atom. The van der Waals surface area contributed by atoms with E-state index in [1.165, 1.54) is 6.08 Å². The van der Waals surface area contributed by atoms with Crippen LogP contribution in [0.15, 0.2) is 46.3 Å². The van der Waals surface area contributed by atoms with E-state index in [2.05, 4.69) is 20.8 Å². The third kappa shape index (κ3) is 2.76. The number of nitrogens with two attached hydrogens (primary N) is 2. The molecule has 0 aromatic carbocycles. The molecule has 4 N–H and O–H groups in total. The standard InChI is InChI=1S/C17H24F2N2/c1-4-11-9(2)10(3)17(21)12(11)8-15(20)16-13(18)6-5-7-14(16)19/h6,8-11H,4-5,7,20-21H2,1-3H3/b15-8-/t9?,10?,11-/m1/s1. The molecule has 2 unspecified atom stereocenters. The van der Waals surface area contributed by atoms with E-state index in [-0.39, 0.29) is 29.5 Å². The van der Waals surface area contributed by atoms with Gasteiger partial charge in [-0.25, -0.2) is 8.78 Å². The number of allylic oxidation sites excluding steroid dienone is 6. The quantitative estimate of drug-likeness (QED) is 0.818. The fraction of sp³-hybridized carbons (Fsp3) is 0.529. The van der Waals surface area contributed by atoms with Gasteiger partial charge in [-0.2, -0.15) is 0 Å². The van der Waals surface area contributed by atoms with Crippen molar-refractivity contribution >= 4 is 0 Å². The fourth-order valence-electron chi connectivity index (χ4n) is 3.39. The Hall–Kier alpha value is -1.58. The maximum absolute atomic E-state index is 13.9. The molecule has 0 aromatic rings. The highest BCUT2D eigenvalue weighted by Gasteiger charge is 2.34. The van der Waals surface area contributed by atoms with Crippen LogP contribution in [0.25, 0.3) is 0 Å². The summed E-state index contributed by atoms with van der Waals surface area (Å²) in [7, 11) is 0. The number of hydrogen-bond acceptors (Lipinski definition) is 2. The van der Waals surface area contributed by atoms with E-state index in [9.17, 15) is 8.78 Å². The number of hydrogen-bond donors (Lipinski definition) is 2. The molecule has 0 amide bonds.